The highest BCUT2D eigenvalue weighted by molar-refractivity contribution is 6.31. The highest BCUT2D eigenvalue weighted by Gasteiger charge is 2.36. The minimum atomic E-state index is -0.457. The molecule has 1 aromatic rings. The molecule has 22 heavy (non-hydrogen) atoms. The van der Waals surface area contributed by atoms with Crippen LogP contribution in [-0.4, -0.2) is 47.9 Å². The van der Waals surface area contributed by atoms with Crippen molar-refractivity contribution in [1.82, 2.24) is 9.80 Å². The predicted molar refractivity (Wildman–Crippen MR) is 85.7 cm³/mol. The Kier molecular flexibility index (Phi) is 4.69. The van der Waals surface area contributed by atoms with Crippen LogP contribution in [0.4, 0.5) is 4.39 Å². The first kappa shape index (κ1) is 15.8. The fourth-order valence-electron chi connectivity index (χ4n) is 3.77. The molecule has 1 aromatic carbocycles. The highest BCUT2D eigenvalue weighted by Crippen LogP contribution is 2.29. The van der Waals surface area contributed by atoms with E-state index in [9.17, 15) is 9.18 Å². The smallest absolute Gasteiger partial charge is 0.254 e. The molecule has 5 heteroatoms. The van der Waals surface area contributed by atoms with E-state index in [2.05, 4.69) is 11.8 Å². The lowest BCUT2D eigenvalue weighted by atomic mass is 9.95. The maximum absolute atomic E-state index is 13.5. The van der Waals surface area contributed by atoms with E-state index in [4.69, 9.17) is 11.6 Å². The number of halogens is 2. The number of fused-ring (bicyclic) bond motifs is 4. The fraction of sp³-hybridized carbons (Fsp3) is 0.588. The van der Waals surface area contributed by atoms with Gasteiger partial charge in [0.25, 0.3) is 5.91 Å². The Morgan fingerprint density at radius 3 is 2.82 bits per heavy atom. The molecule has 2 bridgehead atoms. The van der Waals surface area contributed by atoms with Gasteiger partial charge in [-0.2, -0.15) is 0 Å². The molecule has 4 rings (SSSR count). The molecule has 3 heterocycles. The molecule has 0 N–H and O–H groups in total. The van der Waals surface area contributed by atoms with Gasteiger partial charge in [-0.15, -0.1) is 0 Å². The maximum atomic E-state index is 13.5. The van der Waals surface area contributed by atoms with Crippen molar-refractivity contribution >= 4 is 17.5 Å². The Morgan fingerprint density at radius 1 is 1.27 bits per heavy atom. The Labute approximate surface area is 136 Å². The molecule has 3 aliphatic rings. The molecule has 3 aliphatic heterocycles. The van der Waals surface area contributed by atoms with Crippen LogP contribution in [0.25, 0.3) is 0 Å². The number of nitrogens with zero attached hydrogens (tertiary/aromatic N) is 2. The first-order valence-corrected chi connectivity index (χ1v) is 8.44. The van der Waals surface area contributed by atoms with Gasteiger partial charge in [0.1, 0.15) is 5.82 Å². The van der Waals surface area contributed by atoms with Gasteiger partial charge in [-0.05, 0) is 49.9 Å². The number of carbonyl (C=O) groups excluding carboxylic acids is 1. The van der Waals surface area contributed by atoms with E-state index < -0.39 is 5.82 Å². The van der Waals surface area contributed by atoms with Crippen molar-refractivity contribution in [3.8, 4) is 0 Å². The summed E-state index contributed by atoms with van der Waals surface area (Å²) < 4.78 is 13.5. The SMILES string of the molecule is CCCN1C[C@H]2CC[C@@H]1CN(C(=O)c1cc(F)cc(Cl)c1)C2. The predicted octanol–water partition coefficient (Wildman–Crippen LogP) is 3.43. The number of amides is 1. The summed E-state index contributed by atoms with van der Waals surface area (Å²) >= 11 is 5.88. The van der Waals surface area contributed by atoms with E-state index in [1.54, 1.807) is 6.07 Å². The van der Waals surface area contributed by atoms with E-state index in [-0.39, 0.29) is 10.9 Å². The summed E-state index contributed by atoms with van der Waals surface area (Å²) in [6.45, 7) is 5.87. The van der Waals surface area contributed by atoms with Gasteiger partial charge in [-0.25, -0.2) is 4.39 Å². The van der Waals surface area contributed by atoms with Crippen molar-refractivity contribution < 1.29 is 9.18 Å². The number of hydrogen-bond acceptors (Lipinski definition) is 2. The summed E-state index contributed by atoms with van der Waals surface area (Å²) in [6.07, 6.45) is 3.47. The molecule has 0 aromatic heterocycles. The second-order valence-corrected chi connectivity index (χ2v) is 6.90. The summed E-state index contributed by atoms with van der Waals surface area (Å²) in [7, 11) is 0. The average molecular weight is 325 g/mol. The Hall–Kier alpha value is -1.13. The lowest BCUT2D eigenvalue weighted by Gasteiger charge is -2.35. The van der Waals surface area contributed by atoms with Crippen LogP contribution in [0.1, 0.15) is 36.5 Å². The van der Waals surface area contributed by atoms with Crippen LogP contribution in [0.15, 0.2) is 18.2 Å². The van der Waals surface area contributed by atoms with Crippen molar-refractivity contribution in [3.63, 3.8) is 0 Å². The zero-order valence-corrected chi connectivity index (χ0v) is 13.7. The van der Waals surface area contributed by atoms with Gasteiger partial charge in [-0.1, -0.05) is 18.5 Å². The average Bonchev–Trinajstić information content (AvgIpc) is 2.77. The summed E-state index contributed by atoms with van der Waals surface area (Å²) in [5.41, 5.74) is 0.355. The largest absolute Gasteiger partial charge is 0.337 e. The summed E-state index contributed by atoms with van der Waals surface area (Å²) in [4.78, 5) is 17.1. The number of benzene rings is 1. The van der Waals surface area contributed by atoms with Crippen LogP contribution < -0.4 is 0 Å². The van der Waals surface area contributed by atoms with Crippen LogP contribution in [0, 0.1) is 11.7 Å². The molecule has 3 saturated heterocycles. The third kappa shape index (κ3) is 3.28. The van der Waals surface area contributed by atoms with Crippen molar-refractivity contribution in [2.45, 2.75) is 32.2 Å². The normalized spacial score (nSPS) is 25.3. The van der Waals surface area contributed by atoms with Crippen molar-refractivity contribution in [3.05, 3.63) is 34.6 Å². The summed E-state index contributed by atoms with van der Waals surface area (Å²) in [5.74, 6) is -0.0313. The Balaban J connectivity index is 1.79. The second-order valence-electron chi connectivity index (χ2n) is 6.46. The quantitative estimate of drug-likeness (QED) is 0.850. The van der Waals surface area contributed by atoms with Gasteiger partial charge >= 0.3 is 0 Å². The van der Waals surface area contributed by atoms with Gasteiger partial charge in [0.15, 0.2) is 0 Å². The third-order valence-electron chi connectivity index (χ3n) is 4.73. The van der Waals surface area contributed by atoms with Crippen LogP contribution in [0.2, 0.25) is 5.02 Å². The third-order valence-corrected chi connectivity index (χ3v) is 4.95. The topological polar surface area (TPSA) is 23.6 Å². The minimum absolute atomic E-state index is 0.100. The molecule has 1 amide bonds. The van der Waals surface area contributed by atoms with Crippen LogP contribution >= 0.6 is 11.6 Å². The van der Waals surface area contributed by atoms with Gasteiger partial charge in [0, 0.05) is 36.3 Å². The first-order chi connectivity index (χ1) is 10.6. The molecule has 0 aliphatic carbocycles. The van der Waals surface area contributed by atoms with Gasteiger partial charge < -0.3 is 4.90 Å². The number of carbonyl (C=O) groups is 1. The molecular formula is C17H22ClFN2O. The van der Waals surface area contributed by atoms with E-state index >= 15 is 0 Å². The summed E-state index contributed by atoms with van der Waals surface area (Å²) in [5, 5.41) is 0.272. The standard InChI is InChI=1S/C17H22ClFN2O/c1-2-5-20-9-12-3-4-16(20)11-21(10-12)17(22)13-6-14(18)8-15(19)7-13/h6-8,12,16H,2-5,9-11H2,1H3/t12-,16-/m1/s1. The van der Waals surface area contributed by atoms with Gasteiger partial charge in [0.2, 0.25) is 0 Å². The fourth-order valence-corrected chi connectivity index (χ4v) is 3.99. The monoisotopic (exact) mass is 324 g/mol. The molecule has 2 atom stereocenters. The zero-order chi connectivity index (χ0) is 15.7. The molecule has 0 spiro atoms. The molecule has 0 saturated carbocycles. The van der Waals surface area contributed by atoms with Crippen molar-refractivity contribution in [1.29, 1.82) is 0 Å². The maximum Gasteiger partial charge on any atom is 0.254 e. The van der Waals surface area contributed by atoms with E-state index in [1.165, 1.54) is 18.6 Å². The van der Waals surface area contributed by atoms with E-state index in [0.717, 1.165) is 39.0 Å². The van der Waals surface area contributed by atoms with Gasteiger partial charge in [0.05, 0.1) is 0 Å². The lowest BCUT2D eigenvalue weighted by Crippen LogP contribution is -2.44. The molecule has 120 valence electrons. The van der Waals surface area contributed by atoms with Crippen LogP contribution in [0.5, 0.6) is 0 Å². The second kappa shape index (κ2) is 6.55. The minimum Gasteiger partial charge on any atom is -0.337 e. The molecular weight excluding hydrogens is 303 g/mol. The number of piperidine rings is 1. The van der Waals surface area contributed by atoms with E-state index in [1.807, 2.05) is 4.90 Å². The molecule has 3 fully saturated rings. The van der Waals surface area contributed by atoms with Crippen LogP contribution in [0.3, 0.4) is 0 Å². The molecule has 3 nitrogen and oxygen atoms in total. The molecule has 0 unspecified atom stereocenters. The van der Waals surface area contributed by atoms with Crippen LogP contribution in [-0.2, 0) is 0 Å². The van der Waals surface area contributed by atoms with Crippen molar-refractivity contribution in [2.24, 2.45) is 5.92 Å². The van der Waals surface area contributed by atoms with Crippen molar-refractivity contribution in [2.75, 3.05) is 26.2 Å². The number of rotatable bonds is 3. The molecule has 0 radical (unpaired) electrons. The first-order valence-electron chi connectivity index (χ1n) is 8.06. The summed E-state index contributed by atoms with van der Waals surface area (Å²) in [6, 6.07) is 4.51. The van der Waals surface area contributed by atoms with Gasteiger partial charge in [-0.3, -0.25) is 9.69 Å². The lowest BCUT2D eigenvalue weighted by molar-refractivity contribution is 0.0737. The highest BCUT2D eigenvalue weighted by atomic mass is 35.5. The Morgan fingerprint density at radius 2 is 2.09 bits per heavy atom. The number of hydrogen-bond donors (Lipinski definition) is 0. The van der Waals surface area contributed by atoms with E-state index in [0.29, 0.717) is 17.5 Å². The zero-order valence-electron chi connectivity index (χ0n) is 12.9. The Bertz CT molecular complexity index is 545.